The third-order valence-corrected chi connectivity index (χ3v) is 5.34. The van der Waals surface area contributed by atoms with Gasteiger partial charge in [-0.1, -0.05) is 22.8 Å². The molecule has 1 aromatic heterocycles. The van der Waals surface area contributed by atoms with Crippen molar-refractivity contribution >= 4 is 29.9 Å². The van der Waals surface area contributed by atoms with E-state index in [2.05, 4.69) is 34.0 Å². The van der Waals surface area contributed by atoms with Crippen LogP contribution in [0.15, 0.2) is 22.7 Å². The first-order valence-corrected chi connectivity index (χ1v) is 8.73. The molecule has 4 nitrogen and oxygen atoms in total. The highest BCUT2D eigenvalue weighted by molar-refractivity contribution is 7.80. The van der Waals surface area contributed by atoms with E-state index < -0.39 is 0 Å². The van der Waals surface area contributed by atoms with Gasteiger partial charge in [0.15, 0.2) is 0 Å². The van der Waals surface area contributed by atoms with Crippen molar-refractivity contribution in [2.75, 3.05) is 31.1 Å². The van der Waals surface area contributed by atoms with Gasteiger partial charge in [-0.2, -0.15) is 12.6 Å². The number of aryl methyl sites for hydroxylation is 3. The number of hydrogen-bond acceptors (Lipinski definition) is 5. The molecule has 0 radical (unpaired) electrons. The van der Waals surface area contributed by atoms with Crippen molar-refractivity contribution in [3.63, 3.8) is 0 Å². The molecule has 0 N–H and O–H groups in total. The number of halogens is 1. The Kier molecular flexibility index (Phi) is 4.90. The summed E-state index contributed by atoms with van der Waals surface area (Å²) in [7, 11) is 0. The lowest BCUT2D eigenvalue weighted by atomic mass is 10.1. The number of hydrogen-bond donors (Lipinski definition) is 1. The molecule has 2 aromatic rings. The van der Waals surface area contributed by atoms with Gasteiger partial charge < -0.3 is 9.42 Å². The second-order valence-electron chi connectivity index (χ2n) is 6.07. The van der Waals surface area contributed by atoms with Gasteiger partial charge in [-0.05, 0) is 38.5 Å². The summed E-state index contributed by atoms with van der Waals surface area (Å²) >= 11 is 11.0. The Balaban J connectivity index is 1.70. The zero-order valence-electron chi connectivity index (χ0n) is 13.7. The molecule has 3 rings (SSSR count). The summed E-state index contributed by atoms with van der Waals surface area (Å²) < 4.78 is 5.28. The lowest BCUT2D eigenvalue weighted by Crippen LogP contribution is -2.47. The zero-order valence-corrected chi connectivity index (χ0v) is 15.4. The normalized spacial score (nSPS) is 17.5. The Morgan fingerprint density at radius 3 is 2.48 bits per heavy atom. The number of piperazine rings is 1. The molecule has 1 atom stereocenters. The number of nitrogens with zero attached hydrogens (tertiary/aromatic N) is 3. The summed E-state index contributed by atoms with van der Waals surface area (Å²) in [5.74, 6) is 0.857. The molecule has 1 aromatic carbocycles. The van der Waals surface area contributed by atoms with Crippen LogP contribution in [0.1, 0.15) is 28.0 Å². The molecule has 0 spiro atoms. The van der Waals surface area contributed by atoms with Crippen LogP contribution in [-0.4, -0.2) is 36.2 Å². The second kappa shape index (κ2) is 6.75. The highest BCUT2D eigenvalue weighted by Gasteiger charge is 2.27. The van der Waals surface area contributed by atoms with Crippen LogP contribution < -0.4 is 4.90 Å². The third kappa shape index (κ3) is 3.37. The molecule has 0 saturated carbocycles. The molecule has 124 valence electrons. The van der Waals surface area contributed by atoms with Gasteiger partial charge in [-0.3, -0.25) is 4.90 Å². The van der Waals surface area contributed by atoms with Crippen LogP contribution in [0.5, 0.6) is 0 Å². The Morgan fingerprint density at radius 2 is 1.87 bits per heavy atom. The molecule has 6 heteroatoms. The molecule has 0 aliphatic carbocycles. The van der Waals surface area contributed by atoms with E-state index >= 15 is 0 Å². The van der Waals surface area contributed by atoms with E-state index in [1.165, 1.54) is 11.3 Å². The summed E-state index contributed by atoms with van der Waals surface area (Å²) in [5.41, 5.74) is 4.51. The number of aromatic nitrogens is 1. The molecule has 0 bridgehead atoms. The van der Waals surface area contributed by atoms with Crippen LogP contribution in [0.25, 0.3) is 0 Å². The van der Waals surface area contributed by atoms with Crippen molar-refractivity contribution in [2.45, 2.75) is 26.1 Å². The molecule has 1 aliphatic heterocycles. The van der Waals surface area contributed by atoms with Crippen molar-refractivity contribution in [3.8, 4) is 0 Å². The Morgan fingerprint density at radius 1 is 1.17 bits per heavy atom. The van der Waals surface area contributed by atoms with Gasteiger partial charge in [-0.25, -0.2) is 0 Å². The monoisotopic (exact) mass is 351 g/mol. The smallest absolute Gasteiger partial charge is 0.139 e. The fourth-order valence-electron chi connectivity index (χ4n) is 3.17. The van der Waals surface area contributed by atoms with Crippen molar-refractivity contribution in [3.05, 3.63) is 45.8 Å². The highest BCUT2D eigenvalue weighted by atomic mass is 35.5. The molecule has 1 aliphatic rings. The van der Waals surface area contributed by atoms with Crippen LogP contribution in [0, 0.1) is 20.8 Å². The van der Waals surface area contributed by atoms with Crippen molar-refractivity contribution in [1.29, 1.82) is 0 Å². The van der Waals surface area contributed by atoms with Crippen molar-refractivity contribution < 1.29 is 4.52 Å². The van der Waals surface area contributed by atoms with Gasteiger partial charge in [0.2, 0.25) is 0 Å². The molecule has 1 unspecified atom stereocenters. The summed E-state index contributed by atoms with van der Waals surface area (Å²) in [6.45, 7) is 9.87. The highest BCUT2D eigenvalue weighted by Crippen LogP contribution is 2.32. The average Bonchev–Trinajstić information content (AvgIpc) is 2.88. The van der Waals surface area contributed by atoms with E-state index in [-0.39, 0.29) is 5.37 Å². The zero-order chi connectivity index (χ0) is 16.6. The summed E-state index contributed by atoms with van der Waals surface area (Å²) in [6, 6.07) is 6.08. The number of benzene rings is 1. The maximum atomic E-state index is 6.15. The average molecular weight is 352 g/mol. The van der Waals surface area contributed by atoms with Crippen LogP contribution in [0.4, 0.5) is 5.69 Å². The fraction of sp³-hybridized carbons (Fsp3) is 0.471. The van der Waals surface area contributed by atoms with E-state index in [1.54, 1.807) is 0 Å². The van der Waals surface area contributed by atoms with Crippen LogP contribution in [0.2, 0.25) is 5.02 Å². The third-order valence-electron chi connectivity index (χ3n) is 4.52. The summed E-state index contributed by atoms with van der Waals surface area (Å²) in [4.78, 5) is 4.76. The van der Waals surface area contributed by atoms with Crippen LogP contribution in [0.3, 0.4) is 0 Å². The van der Waals surface area contributed by atoms with Gasteiger partial charge >= 0.3 is 0 Å². The number of rotatable bonds is 3. The van der Waals surface area contributed by atoms with E-state index in [0.717, 1.165) is 48.2 Å². The predicted octanol–water partition coefficient (Wildman–Crippen LogP) is 4.00. The van der Waals surface area contributed by atoms with Gasteiger partial charge in [-0.15, -0.1) is 0 Å². The minimum Gasteiger partial charge on any atom is -0.369 e. The lowest BCUT2D eigenvalue weighted by molar-refractivity contribution is 0.242. The Labute approximate surface area is 147 Å². The first-order chi connectivity index (χ1) is 11.0. The van der Waals surface area contributed by atoms with E-state index in [1.807, 2.05) is 19.9 Å². The topological polar surface area (TPSA) is 32.5 Å². The molecular weight excluding hydrogens is 330 g/mol. The standard InChI is InChI=1S/C17H22ClN3OS/c1-11-4-5-14(18)10-15(11)20-6-8-21(9-7-20)17(23)16-12(2)19-22-13(16)3/h4-5,10,17,23H,6-9H2,1-3H3. The Bertz CT molecular complexity index is 676. The minimum atomic E-state index is 0.0314. The van der Waals surface area contributed by atoms with Gasteiger partial charge in [0.05, 0.1) is 11.1 Å². The maximum absolute atomic E-state index is 6.15. The SMILES string of the molecule is Cc1ccc(Cl)cc1N1CCN(C(S)c2c(C)noc2C)CC1. The summed E-state index contributed by atoms with van der Waals surface area (Å²) in [6.07, 6.45) is 0. The number of thiol groups is 1. The predicted molar refractivity (Wildman–Crippen MR) is 97.7 cm³/mol. The number of anilines is 1. The minimum absolute atomic E-state index is 0.0314. The second-order valence-corrected chi connectivity index (χ2v) is 6.99. The molecular formula is C17H22ClN3OS. The fourth-order valence-corrected chi connectivity index (χ4v) is 3.94. The molecule has 1 fully saturated rings. The quantitative estimate of drug-likeness (QED) is 0.847. The van der Waals surface area contributed by atoms with Crippen molar-refractivity contribution in [1.82, 2.24) is 10.1 Å². The molecule has 23 heavy (non-hydrogen) atoms. The molecule has 0 amide bonds. The summed E-state index contributed by atoms with van der Waals surface area (Å²) in [5, 5.41) is 4.86. The maximum Gasteiger partial charge on any atom is 0.139 e. The van der Waals surface area contributed by atoms with E-state index in [0.29, 0.717) is 0 Å². The van der Waals surface area contributed by atoms with Crippen LogP contribution >= 0.6 is 24.2 Å². The first kappa shape index (κ1) is 16.7. The van der Waals surface area contributed by atoms with Gasteiger partial charge in [0.1, 0.15) is 5.76 Å². The van der Waals surface area contributed by atoms with E-state index in [9.17, 15) is 0 Å². The molecule has 1 saturated heterocycles. The van der Waals surface area contributed by atoms with E-state index in [4.69, 9.17) is 28.8 Å². The molecule has 2 heterocycles. The lowest BCUT2D eigenvalue weighted by Gasteiger charge is -2.39. The van der Waals surface area contributed by atoms with Gasteiger partial charge in [0.25, 0.3) is 0 Å². The van der Waals surface area contributed by atoms with Crippen molar-refractivity contribution in [2.24, 2.45) is 0 Å². The largest absolute Gasteiger partial charge is 0.369 e. The van der Waals surface area contributed by atoms with Crippen LogP contribution in [-0.2, 0) is 0 Å². The Hall–Kier alpha value is -1.17. The van der Waals surface area contributed by atoms with Gasteiger partial charge in [0, 0.05) is 42.5 Å². The first-order valence-electron chi connectivity index (χ1n) is 7.83.